The molecule has 0 aromatic heterocycles. The van der Waals surface area contributed by atoms with E-state index in [9.17, 15) is 10.2 Å². The topological polar surface area (TPSA) is 49.7 Å². The minimum absolute atomic E-state index is 0.259. The van der Waals surface area contributed by atoms with E-state index in [1.807, 2.05) is 6.07 Å². The number of hydrogen-bond donors (Lipinski definition) is 2. The van der Waals surface area contributed by atoms with Crippen LogP contribution in [0, 0.1) is 13.8 Å². The normalized spacial score (nSPS) is 15.9. The number of methoxy groups -OCH3 is 1. The molecule has 1 aromatic carbocycles. The van der Waals surface area contributed by atoms with Crippen molar-refractivity contribution in [3.05, 3.63) is 28.8 Å². The summed E-state index contributed by atoms with van der Waals surface area (Å²) in [6.07, 6.45) is 0.164. The molecule has 2 N–H and O–H groups in total. The van der Waals surface area contributed by atoms with Gasteiger partial charge in [0.25, 0.3) is 0 Å². The summed E-state index contributed by atoms with van der Waals surface area (Å²) >= 11 is 0. The van der Waals surface area contributed by atoms with E-state index in [0.717, 1.165) is 17.7 Å². The summed E-state index contributed by atoms with van der Waals surface area (Å²) in [5.74, 6) is 1.15. The first-order chi connectivity index (χ1) is 8.92. The molecule has 0 heterocycles. The average Bonchev–Trinajstić information content (AvgIpc) is 2.39. The highest BCUT2D eigenvalue weighted by Gasteiger charge is 2.21. The van der Waals surface area contributed by atoms with Crippen LogP contribution in [0.1, 0.15) is 49.3 Å². The summed E-state index contributed by atoms with van der Waals surface area (Å²) in [6, 6.07) is 4.05. The molecular weight excluding hydrogens is 240 g/mol. The van der Waals surface area contributed by atoms with Crippen molar-refractivity contribution in [2.24, 2.45) is 0 Å². The van der Waals surface area contributed by atoms with Gasteiger partial charge in [-0.25, -0.2) is 0 Å². The van der Waals surface area contributed by atoms with E-state index in [1.165, 1.54) is 11.1 Å². The highest BCUT2D eigenvalue weighted by Crippen LogP contribution is 2.33. The molecule has 1 rings (SSSR count). The Morgan fingerprint density at radius 2 is 1.79 bits per heavy atom. The smallest absolute Gasteiger partial charge is 0.122 e. The molecule has 0 aliphatic rings. The number of ether oxygens (including phenoxy) is 1. The van der Waals surface area contributed by atoms with Crippen LogP contribution in [-0.2, 0) is 0 Å². The van der Waals surface area contributed by atoms with Gasteiger partial charge in [0.05, 0.1) is 19.3 Å². The molecule has 1 aromatic rings. The van der Waals surface area contributed by atoms with Gasteiger partial charge in [0, 0.05) is 0 Å². The van der Waals surface area contributed by atoms with Crippen LogP contribution < -0.4 is 4.74 Å². The van der Waals surface area contributed by atoms with Crippen LogP contribution >= 0.6 is 0 Å². The fraction of sp³-hybridized carbons (Fsp3) is 0.625. The summed E-state index contributed by atoms with van der Waals surface area (Å²) in [5.41, 5.74) is 3.59. The van der Waals surface area contributed by atoms with Gasteiger partial charge in [0.15, 0.2) is 0 Å². The zero-order valence-electron chi connectivity index (χ0n) is 12.6. The minimum atomic E-state index is -0.686. The van der Waals surface area contributed by atoms with Crippen LogP contribution in [0.3, 0.4) is 0 Å². The highest BCUT2D eigenvalue weighted by molar-refractivity contribution is 5.45. The van der Waals surface area contributed by atoms with E-state index in [4.69, 9.17) is 4.74 Å². The van der Waals surface area contributed by atoms with Crippen molar-refractivity contribution >= 4 is 0 Å². The Kier molecular flexibility index (Phi) is 5.83. The van der Waals surface area contributed by atoms with Gasteiger partial charge in [-0.2, -0.15) is 0 Å². The molecule has 0 aliphatic carbocycles. The third kappa shape index (κ3) is 3.71. The number of aliphatic hydroxyl groups is 2. The molecule has 3 atom stereocenters. The van der Waals surface area contributed by atoms with Crippen molar-refractivity contribution in [3.63, 3.8) is 0 Å². The Hall–Kier alpha value is -1.06. The van der Waals surface area contributed by atoms with Gasteiger partial charge in [0.2, 0.25) is 0 Å². The molecule has 0 bridgehead atoms. The molecule has 108 valence electrons. The first kappa shape index (κ1) is 16.0. The molecule has 0 saturated carbocycles. The maximum absolute atomic E-state index is 9.88. The maximum Gasteiger partial charge on any atom is 0.122 e. The molecule has 3 unspecified atom stereocenters. The fourth-order valence-corrected chi connectivity index (χ4v) is 2.48. The van der Waals surface area contributed by atoms with Crippen molar-refractivity contribution in [3.8, 4) is 5.75 Å². The quantitative estimate of drug-likeness (QED) is 0.832. The highest BCUT2D eigenvalue weighted by atomic mass is 16.5. The SMILES string of the molecule is CCC(CC(O)C(C)O)c1ccc(OC)c(C)c1C. The Bertz CT molecular complexity index is 413. The largest absolute Gasteiger partial charge is 0.496 e. The van der Waals surface area contributed by atoms with Crippen LogP contribution in [0.15, 0.2) is 12.1 Å². The predicted molar refractivity (Wildman–Crippen MR) is 77.8 cm³/mol. The Labute approximate surface area is 116 Å². The fourth-order valence-electron chi connectivity index (χ4n) is 2.48. The molecule has 0 amide bonds. The summed E-state index contributed by atoms with van der Waals surface area (Å²) in [6.45, 7) is 7.88. The van der Waals surface area contributed by atoms with Crippen molar-refractivity contribution in [1.29, 1.82) is 0 Å². The van der Waals surface area contributed by atoms with Crippen LogP contribution in [0.4, 0.5) is 0 Å². The van der Waals surface area contributed by atoms with Crippen molar-refractivity contribution in [2.45, 2.75) is 58.7 Å². The van der Waals surface area contributed by atoms with Gasteiger partial charge in [-0.3, -0.25) is 0 Å². The molecule has 0 spiro atoms. The number of benzene rings is 1. The van der Waals surface area contributed by atoms with Gasteiger partial charge < -0.3 is 14.9 Å². The third-order valence-corrected chi connectivity index (χ3v) is 4.01. The van der Waals surface area contributed by atoms with Crippen LogP contribution in [0.5, 0.6) is 5.75 Å². The van der Waals surface area contributed by atoms with Crippen LogP contribution in [-0.4, -0.2) is 29.5 Å². The van der Waals surface area contributed by atoms with E-state index < -0.39 is 12.2 Å². The first-order valence-corrected chi connectivity index (χ1v) is 6.92. The van der Waals surface area contributed by atoms with Crippen LogP contribution in [0.25, 0.3) is 0 Å². The van der Waals surface area contributed by atoms with Gasteiger partial charge >= 0.3 is 0 Å². The van der Waals surface area contributed by atoms with Crippen molar-refractivity contribution in [1.82, 2.24) is 0 Å². The van der Waals surface area contributed by atoms with E-state index >= 15 is 0 Å². The predicted octanol–water partition coefficient (Wildman–Crippen LogP) is 2.94. The van der Waals surface area contributed by atoms with E-state index in [-0.39, 0.29) is 5.92 Å². The number of aliphatic hydroxyl groups excluding tert-OH is 2. The number of rotatable bonds is 6. The van der Waals surface area contributed by atoms with Gasteiger partial charge in [-0.05, 0) is 62.3 Å². The first-order valence-electron chi connectivity index (χ1n) is 6.92. The monoisotopic (exact) mass is 266 g/mol. The maximum atomic E-state index is 9.88. The second kappa shape index (κ2) is 6.92. The zero-order valence-corrected chi connectivity index (χ0v) is 12.6. The van der Waals surface area contributed by atoms with Crippen molar-refractivity contribution in [2.75, 3.05) is 7.11 Å². The van der Waals surface area contributed by atoms with Crippen LogP contribution in [0.2, 0.25) is 0 Å². The lowest BCUT2D eigenvalue weighted by molar-refractivity contribution is 0.0214. The Morgan fingerprint density at radius 1 is 1.16 bits per heavy atom. The summed E-state index contributed by atoms with van der Waals surface area (Å²) in [4.78, 5) is 0. The number of hydrogen-bond acceptors (Lipinski definition) is 3. The lowest BCUT2D eigenvalue weighted by atomic mass is 9.85. The second-order valence-corrected chi connectivity index (χ2v) is 5.26. The lowest BCUT2D eigenvalue weighted by Gasteiger charge is -2.24. The zero-order chi connectivity index (χ0) is 14.6. The standard InChI is InChI=1S/C16H26O3/c1-6-13(9-15(18)12(4)17)14-7-8-16(19-5)11(3)10(14)2/h7-8,12-13,15,17-18H,6,9H2,1-5H3. The average molecular weight is 266 g/mol. The molecule has 0 aliphatic heterocycles. The Balaban J connectivity index is 3.02. The molecule has 0 fully saturated rings. The second-order valence-electron chi connectivity index (χ2n) is 5.26. The molecule has 19 heavy (non-hydrogen) atoms. The van der Waals surface area contributed by atoms with Gasteiger partial charge in [-0.15, -0.1) is 0 Å². The molecule has 3 nitrogen and oxygen atoms in total. The van der Waals surface area contributed by atoms with E-state index in [0.29, 0.717) is 6.42 Å². The molecule has 3 heteroatoms. The van der Waals surface area contributed by atoms with E-state index in [2.05, 4.69) is 26.8 Å². The molecule has 0 saturated heterocycles. The van der Waals surface area contributed by atoms with Gasteiger partial charge in [-0.1, -0.05) is 13.0 Å². The third-order valence-electron chi connectivity index (χ3n) is 4.01. The van der Waals surface area contributed by atoms with Crippen molar-refractivity contribution < 1.29 is 14.9 Å². The summed E-state index contributed by atoms with van der Waals surface area (Å²) in [5, 5.41) is 19.3. The minimum Gasteiger partial charge on any atom is -0.496 e. The Morgan fingerprint density at radius 3 is 2.26 bits per heavy atom. The lowest BCUT2D eigenvalue weighted by Crippen LogP contribution is -2.25. The van der Waals surface area contributed by atoms with Gasteiger partial charge in [0.1, 0.15) is 5.75 Å². The van der Waals surface area contributed by atoms with E-state index in [1.54, 1.807) is 14.0 Å². The molecule has 0 radical (unpaired) electrons. The summed E-state index contributed by atoms with van der Waals surface area (Å²) in [7, 11) is 1.68. The summed E-state index contributed by atoms with van der Waals surface area (Å²) < 4.78 is 5.32. The molecular formula is C16H26O3.